The molecule has 0 aromatic heterocycles. The first-order valence-electron chi connectivity index (χ1n) is 7.68. The molecule has 3 N–H and O–H groups in total. The molecule has 0 heterocycles. The number of carbonyl (C=O) groups excluding carboxylic acids is 1. The Morgan fingerprint density at radius 2 is 2.04 bits per heavy atom. The molecule has 0 saturated heterocycles. The highest BCUT2D eigenvalue weighted by molar-refractivity contribution is 14.0. The van der Waals surface area contributed by atoms with Crippen LogP contribution in [-0.4, -0.2) is 24.1 Å². The van der Waals surface area contributed by atoms with Gasteiger partial charge in [0.05, 0.1) is 12.1 Å². The molecule has 0 aliphatic heterocycles. The average Bonchev–Trinajstić information content (AvgIpc) is 2.44. The lowest BCUT2D eigenvalue weighted by Gasteiger charge is -2.19. The maximum absolute atomic E-state index is 12.0. The predicted molar refractivity (Wildman–Crippen MR) is 105 cm³/mol. The van der Waals surface area contributed by atoms with E-state index in [1.165, 1.54) is 0 Å². The Labute approximate surface area is 156 Å². The maximum Gasteiger partial charge on any atom is 0.338 e. The number of hydrogen-bond acceptors (Lipinski definition) is 3. The molecule has 0 aliphatic carbocycles. The van der Waals surface area contributed by atoms with Gasteiger partial charge in [0.25, 0.3) is 0 Å². The van der Waals surface area contributed by atoms with Gasteiger partial charge in [-0.25, -0.2) is 9.79 Å². The van der Waals surface area contributed by atoms with Gasteiger partial charge in [-0.3, -0.25) is 0 Å². The second-order valence-electron chi connectivity index (χ2n) is 6.18. The van der Waals surface area contributed by atoms with E-state index < -0.39 is 5.60 Å². The number of unbranched alkanes of at least 4 members (excludes halogenated alkanes) is 1. The van der Waals surface area contributed by atoms with Crippen molar-refractivity contribution in [3.63, 3.8) is 0 Å². The van der Waals surface area contributed by atoms with Crippen molar-refractivity contribution >= 4 is 35.9 Å². The lowest BCUT2D eigenvalue weighted by atomic mass is 10.1. The van der Waals surface area contributed by atoms with Crippen LogP contribution >= 0.6 is 24.0 Å². The summed E-state index contributed by atoms with van der Waals surface area (Å²) in [6.07, 6.45) is 2.17. The van der Waals surface area contributed by atoms with E-state index >= 15 is 0 Å². The number of halogens is 1. The minimum absolute atomic E-state index is 0. The van der Waals surface area contributed by atoms with E-state index in [1.807, 2.05) is 32.9 Å². The zero-order chi connectivity index (χ0) is 16.6. The molecule has 6 heteroatoms. The average molecular weight is 433 g/mol. The lowest BCUT2D eigenvalue weighted by Crippen LogP contribution is -2.32. The predicted octanol–water partition coefficient (Wildman–Crippen LogP) is 3.46. The SMILES string of the molecule is CCCCNC(N)=NCc1cccc(C(=O)OC(C)(C)C)c1.I. The first-order chi connectivity index (χ1) is 10.3. The zero-order valence-electron chi connectivity index (χ0n) is 14.4. The van der Waals surface area contributed by atoms with Gasteiger partial charge in [-0.15, -0.1) is 24.0 Å². The number of nitrogens with one attached hydrogen (secondary N) is 1. The van der Waals surface area contributed by atoms with E-state index in [-0.39, 0.29) is 29.9 Å². The van der Waals surface area contributed by atoms with Crippen LogP contribution in [0.15, 0.2) is 29.3 Å². The number of aliphatic imine (C=N–C) groups is 1. The highest BCUT2D eigenvalue weighted by Crippen LogP contribution is 2.13. The second-order valence-corrected chi connectivity index (χ2v) is 6.18. The summed E-state index contributed by atoms with van der Waals surface area (Å²) in [5.41, 5.74) is 6.74. The number of hydrogen-bond donors (Lipinski definition) is 2. The van der Waals surface area contributed by atoms with Gasteiger partial charge < -0.3 is 15.8 Å². The van der Waals surface area contributed by atoms with E-state index in [4.69, 9.17) is 10.5 Å². The molecule has 0 aliphatic rings. The van der Waals surface area contributed by atoms with E-state index in [0.29, 0.717) is 18.1 Å². The Morgan fingerprint density at radius 3 is 2.65 bits per heavy atom. The molecule has 130 valence electrons. The Bertz CT molecular complexity index is 525. The maximum atomic E-state index is 12.0. The Balaban J connectivity index is 0.00000484. The lowest BCUT2D eigenvalue weighted by molar-refractivity contribution is 0.00694. The van der Waals surface area contributed by atoms with Crippen molar-refractivity contribution in [3.8, 4) is 0 Å². The van der Waals surface area contributed by atoms with Gasteiger partial charge in [-0.05, 0) is 44.9 Å². The molecule has 0 fully saturated rings. The van der Waals surface area contributed by atoms with Crippen molar-refractivity contribution in [2.75, 3.05) is 6.54 Å². The monoisotopic (exact) mass is 433 g/mol. The van der Waals surface area contributed by atoms with E-state index in [2.05, 4.69) is 17.2 Å². The van der Waals surface area contributed by atoms with Gasteiger partial charge in [0.1, 0.15) is 5.60 Å². The third-order valence-electron chi connectivity index (χ3n) is 2.83. The van der Waals surface area contributed by atoms with E-state index in [0.717, 1.165) is 24.9 Å². The number of esters is 1. The molecular weight excluding hydrogens is 405 g/mol. The standard InChI is InChI=1S/C17H27N3O2.HI/c1-5-6-10-19-16(18)20-12-13-8-7-9-14(11-13)15(21)22-17(2,3)4;/h7-9,11H,5-6,10,12H2,1-4H3,(H3,18,19,20);1H. The summed E-state index contributed by atoms with van der Waals surface area (Å²) < 4.78 is 5.36. The van der Waals surface area contributed by atoms with Crippen LogP contribution in [0.25, 0.3) is 0 Å². The molecule has 1 rings (SSSR count). The van der Waals surface area contributed by atoms with Gasteiger partial charge in [-0.2, -0.15) is 0 Å². The topological polar surface area (TPSA) is 76.7 Å². The van der Waals surface area contributed by atoms with Crippen molar-refractivity contribution in [3.05, 3.63) is 35.4 Å². The summed E-state index contributed by atoms with van der Waals surface area (Å²) in [6.45, 7) is 8.92. The van der Waals surface area contributed by atoms with Crippen molar-refractivity contribution in [2.45, 2.75) is 52.7 Å². The van der Waals surface area contributed by atoms with Crippen LogP contribution < -0.4 is 11.1 Å². The third-order valence-corrected chi connectivity index (χ3v) is 2.83. The van der Waals surface area contributed by atoms with Crippen molar-refractivity contribution in [1.82, 2.24) is 5.32 Å². The molecule has 0 unspecified atom stereocenters. The van der Waals surface area contributed by atoms with Crippen LogP contribution in [0.4, 0.5) is 0 Å². The Kier molecular flexibility index (Phi) is 9.87. The number of ether oxygens (including phenoxy) is 1. The quantitative estimate of drug-likeness (QED) is 0.237. The molecule has 0 bridgehead atoms. The molecule has 5 nitrogen and oxygen atoms in total. The summed E-state index contributed by atoms with van der Waals surface area (Å²) >= 11 is 0. The Morgan fingerprint density at radius 1 is 1.35 bits per heavy atom. The van der Waals surface area contributed by atoms with Crippen molar-refractivity contribution < 1.29 is 9.53 Å². The molecule has 0 radical (unpaired) electrons. The summed E-state index contributed by atoms with van der Waals surface area (Å²) in [5.74, 6) is 0.100. The summed E-state index contributed by atoms with van der Waals surface area (Å²) in [6, 6.07) is 7.27. The summed E-state index contributed by atoms with van der Waals surface area (Å²) in [7, 11) is 0. The van der Waals surface area contributed by atoms with Gasteiger partial charge >= 0.3 is 5.97 Å². The van der Waals surface area contributed by atoms with Crippen LogP contribution in [0.3, 0.4) is 0 Å². The largest absolute Gasteiger partial charge is 0.456 e. The number of rotatable bonds is 6. The van der Waals surface area contributed by atoms with Crippen molar-refractivity contribution in [1.29, 1.82) is 0 Å². The van der Waals surface area contributed by atoms with Gasteiger partial charge in [0, 0.05) is 6.54 Å². The Hall–Kier alpha value is -1.31. The first kappa shape index (κ1) is 21.7. The fourth-order valence-electron chi connectivity index (χ4n) is 1.76. The molecular formula is C17H28IN3O2. The molecule has 0 saturated carbocycles. The van der Waals surface area contributed by atoms with Crippen LogP contribution in [0.5, 0.6) is 0 Å². The normalized spacial score (nSPS) is 11.6. The molecule has 0 amide bonds. The van der Waals surface area contributed by atoms with Gasteiger partial charge in [-0.1, -0.05) is 25.5 Å². The van der Waals surface area contributed by atoms with Gasteiger partial charge in [0.2, 0.25) is 0 Å². The number of guanidine groups is 1. The van der Waals surface area contributed by atoms with E-state index in [9.17, 15) is 4.79 Å². The minimum atomic E-state index is -0.501. The van der Waals surface area contributed by atoms with Gasteiger partial charge in [0.15, 0.2) is 5.96 Å². The molecule has 0 atom stereocenters. The fourth-order valence-corrected chi connectivity index (χ4v) is 1.76. The summed E-state index contributed by atoms with van der Waals surface area (Å²) in [5, 5.41) is 3.06. The van der Waals surface area contributed by atoms with E-state index in [1.54, 1.807) is 12.1 Å². The smallest absolute Gasteiger partial charge is 0.338 e. The molecule has 1 aromatic carbocycles. The second kappa shape index (κ2) is 10.5. The molecule has 0 spiro atoms. The number of nitrogens with two attached hydrogens (primary N) is 1. The third kappa shape index (κ3) is 9.43. The molecule has 1 aromatic rings. The van der Waals surface area contributed by atoms with Crippen LogP contribution in [-0.2, 0) is 11.3 Å². The van der Waals surface area contributed by atoms with Crippen LogP contribution in [0, 0.1) is 0 Å². The minimum Gasteiger partial charge on any atom is -0.456 e. The van der Waals surface area contributed by atoms with Crippen LogP contribution in [0.1, 0.15) is 56.5 Å². The number of carbonyl (C=O) groups is 1. The fraction of sp³-hybridized carbons (Fsp3) is 0.529. The summed E-state index contributed by atoms with van der Waals surface area (Å²) in [4.78, 5) is 16.3. The number of benzene rings is 1. The zero-order valence-corrected chi connectivity index (χ0v) is 16.7. The first-order valence-corrected chi connectivity index (χ1v) is 7.68. The highest BCUT2D eigenvalue weighted by atomic mass is 127. The molecule has 23 heavy (non-hydrogen) atoms. The van der Waals surface area contributed by atoms with Crippen LogP contribution in [0.2, 0.25) is 0 Å². The van der Waals surface area contributed by atoms with Crippen molar-refractivity contribution in [2.24, 2.45) is 10.7 Å². The number of nitrogens with zero attached hydrogens (tertiary/aromatic N) is 1. The highest BCUT2D eigenvalue weighted by Gasteiger charge is 2.17.